The van der Waals surface area contributed by atoms with Crippen LogP contribution < -0.4 is 10.1 Å². The summed E-state index contributed by atoms with van der Waals surface area (Å²) in [4.78, 5) is 16.5. The zero-order valence-corrected chi connectivity index (χ0v) is 14.8. The Kier molecular flexibility index (Phi) is 4.86. The molecule has 1 aliphatic rings. The van der Waals surface area contributed by atoms with Crippen molar-refractivity contribution in [3.8, 4) is 16.3 Å². The first-order valence-electron chi connectivity index (χ1n) is 7.54. The molecule has 0 aliphatic carbocycles. The van der Waals surface area contributed by atoms with Gasteiger partial charge in [-0.05, 0) is 18.6 Å². The number of hydrogen-bond donors (Lipinski definition) is 1. The van der Waals surface area contributed by atoms with E-state index in [1.54, 1.807) is 7.11 Å². The van der Waals surface area contributed by atoms with Crippen LogP contribution in [0.3, 0.4) is 0 Å². The summed E-state index contributed by atoms with van der Waals surface area (Å²) >= 11 is 1.46. The van der Waals surface area contributed by atoms with Crippen LogP contribution in [-0.4, -0.2) is 44.0 Å². The highest BCUT2D eigenvalue weighted by Gasteiger charge is 2.28. The Labute approximate surface area is 144 Å². The number of nitrogens with one attached hydrogen (secondary N) is 1. The summed E-state index contributed by atoms with van der Waals surface area (Å²) in [6, 6.07) is 7.31. The number of sulfone groups is 1. The molecule has 1 saturated heterocycles. The van der Waals surface area contributed by atoms with Crippen LogP contribution in [0.5, 0.6) is 5.75 Å². The Morgan fingerprint density at radius 2 is 2.29 bits per heavy atom. The molecule has 2 aromatic rings. The average Bonchev–Trinajstić information content (AvgIpc) is 3.13. The molecule has 24 heavy (non-hydrogen) atoms. The van der Waals surface area contributed by atoms with Crippen LogP contribution in [0.2, 0.25) is 0 Å². The van der Waals surface area contributed by atoms with Gasteiger partial charge in [-0.3, -0.25) is 4.79 Å². The predicted octanol–water partition coefficient (Wildman–Crippen LogP) is 1.66. The molecule has 1 amide bonds. The van der Waals surface area contributed by atoms with E-state index in [9.17, 15) is 13.2 Å². The monoisotopic (exact) mass is 366 g/mol. The van der Waals surface area contributed by atoms with Crippen LogP contribution in [0.15, 0.2) is 29.6 Å². The minimum atomic E-state index is -2.99. The van der Waals surface area contributed by atoms with Crippen molar-refractivity contribution >= 4 is 27.1 Å². The van der Waals surface area contributed by atoms with Crippen LogP contribution in [0.25, 0.3) is 10.6 Å². The summed E-state index contributed by atoms with van der Waals surface area (Å²) in [7, 11) is -1.38. The molecule has 1 N–H and O–H groups in total. The fourth-order valence-electron chi connectivity index (χ4n) is 2.63. The molecule has 1 aromatic heterocycles. The number of methoxy groups -OCH3 is 1. The van der Waals surface area contributed by atoms with Crippen molar-refractivity contribution in [3.05, 3.63) is 35.3 Å². The molecule has 0 bridgehead atoms. The zero-order valence-electron chi connectivity index (χ0n) is 13.2. The van der Waals surface area contributed by atoms with Crippen molar-refractivity contribution in [2.45, 2.75) is 18.9 Å². The van der Waals surface area contributed by atoms with E-state index >= 15 is 0 Å². The number of amides is 1. The van der Waals surface area contributed by atoms with Gasteiger partial charge < -0.3 is 10.1 Å². The summed E-state index contributed by atoms with van der Waals surface area (Å²) in [5, 5.41) is 5.44. The molecule has 1 aliphatic heterocycles. The van der Waals surface area contributed by atoms with Crippen molar-refractivity contribution in [2.75, 3.05) is 18.6 Å². The Bertz CT molecular complexity index is 845. The molecule has 0 unspecified atom stereocenters. The van der Waals surface area contributed by atoms with Gasteiger partial charge in [0.05, 0.1) is 30.7 Å². The average molecular weight is 366 g/mol. The lowest BCUT2D eigenvalue weighted by Crippen LogP contribution is -2.36. The van der Waals surface area contributed by atoms with Crippen molar-refractivity contribution in [3.63, 3.8) is 0 Å². The quantitative estimate of drug-likeness (QED) is 0.870. The van der Waals surface area contributed by atoms with Crippen molar-refractivity contribution < 1.29 is 17.9 Å². The maximum absolute atomic E-state index is 12.1. The van der Waals surface area contributed by atoms with E-state index in [4.69, 9.17) is 4.74 Å². The molecule has 0 radical (unpaired) electrons. The van der Waals surface area contributed by atoms with E-state index in [0.29, 0.717) is 12.1 Å². The molecular formula is C16H18N2O4S2. The van der Waals surface area contributed by atoms with Crippen LogP contribution in [0, 0.1) is 0 Å². The van der Waals surface area contributed by atoms with Gasteiger partial charge in [-0.2, -0.15) is 0 Å². The molecule has 1 fully saturated rings. The highest BCUT2D eigenvalue weighted by molar-refractivity contribution is 7.91. The van der Waals surface area contributed by atoms with E-state index in [2.05, 4.69) is 10.3 Å². The van der Waals surface area contributed by atoms with Gasteiger partial charge in [0.25, 0.3) is 0 Å². The van der Waals surface area contributed by atoms with E-state index in [0.717, 1.165) is 16.3 Å². The predicted molar refractivity (Wildman–Crippen MR) is 93.0 cm³/mol. The lowest BCUT2D eigenvalue weighted by molar-refractivity contribution is -0.121. The number of carbonyl (C=O) groups is 1. The van der Waals surface area contributed by atoms with Gasteiger partial charge in [0.15, 0.2) is 9.84 Å². The molecule has 3 rings (SSSR count). The van der Waals surface area contributed by atoms with Gasteiger partial charge in [-0.25, -0.2) is 13.4 Å². The normalized spacial score (nSPS) is 19.1. The van der Waals surface area contributed by atoms with Crippen LogP contribution in [0.1, 0.15) is 12.1 Å². The van der Waals surface area contributed by atoms with Gasteiger partial charge in [-0.15, -0.1) is 11.3 Å². The Balaban J connectivity index is 1.62. The highest BCUT2D eigenvalue weighted by atomic mass is 32.2. The fourth-order valence-corrected chi connectivity index (χ4v) is 5.12. The molecule has 2 heterocycles. The number of nitrogens with zero attached hydrogens (tertiary/aromatic N) is 1. The summed E-state index contributed by atoms with van der Waals surface area (Å²) in [6.07, 6.45) is 0.636. The summed E-state index contributed by atoms with van der Waals surface area (Å²) < 4.78 is 28.0. The third kappa shape index (κ3) is 4.12. The molecule has 0 spiro atoms. The van der Waals surface area contributed by atoms with Crippen LogP contribution in [0.4, 0.5) is 0 Å². The van der Waals surface area contributed by atoms with Gasteiger partial charge in [-0.1, -0.05) is 12.1 Å². The summed E-state index contributed by atoms with van der Waals surface area (Å²) in [5.41, 5.74) is 1.61. The van der Waals surface area contributed by atoms with Gasteiger partial charge in [0.2, 0.25) is 5.91 Å². The van der Waals surface area contributed by atoms with Gasteiger partial charge in [0, 0.05) is 17.0 Å². The molecule has 8 heteroatoms. The molecule has 128 valence electrons. The number of benzene rings is 1. The van der Waals surface area contributed by atoms with E-state index < -0.39 is 9.84 Å². The highest BCUT2D eigenvalue weighted by Crippen LogP contribution is 2.27. The van der Waals surface area contributed by atoms with E-state index in [-0.39, 0.29) is 29.9 Å². The van der Waals surface area contributed by atoms with Gasteiger partial charge >= 0.3 is 0 Å². The SMILES string of the molecule is COc1cccc(-c2nc(CC(=O)N[C@H]3CCS(=O)(=O)C3)cs2)c1. The first kappa shape index (κ1) is 16.9. The third-order valence-corrected chi connectivity index (χ3v) is 6.52. The second kappa shape index (κ2) is 6.90. The number of thiazole rings is 1. The van der Waals surface area contributed by atoms with E-state index in [1.807, 2.05) is 29.6 Å². The second-order valence-corrected chi connectivity index (χ2v) is 8.81. The molecule has 0 saturated carbocycles. The maximum Gasteiger partial charge on any atom is 0.226 e. The molecule has 1 atom stereocenters. The summed E-state index contributed by atoms with van der Waals surface area (Å²) in [5.74, 6) is 0.739. The second-order valence-electron chi connectivity index (χ2n) is 5.72. The minimum Gasteiger partial charge on any atom is -0.497 e. The number of rotatable bonds is 5. The topological polar surface area (TPSA) is 85.4 Å². The number of carbonyl (C=O) groups excluding carboxylic acids is 1. The van der Waals surface area contributed by atoms with Crippen molar-refractivity contribution in [2.24, 2.45) is 0 Å². The standard InChI is InChI=1S/C16H18N2O4S2/c1-22-14-4-2-3-11(7-14)16-18-13(9-23-16)8-15(19)17-12-5-6-24(20,21)10-12/h2-4,7,9,12H,5-6,8,10H2,1H3,(H,17,19)/t12-/m0/s1. The van der Waals surface area contributed by atoms with Crippen molar-refractivity contribution in [1.82, 2.24) is 10.3 Å². The largest absolute Gasteiger partial charge is 0.497 e. The smallest absolute Gasteiger partial charge is 0.226 e. The lowest BCUT2D eigenvalue weighted by Gasteiger charge is -2.09. The van der Waals surface area contributed by atoms with E-state index in [1.165, 1.54) is 11.3 Å². The molecule has 1 aromatic carbocycles. The lowest BCUT2D eigenvalue weighted by atomic mass is 10.2. The zero-order chi connectivity index (χ0) is 17.2. The van der Waals surface area contributed by atoms with Crippen molar-refractivity contribution in [1.29, 1.82) is 0 Å². The minimum absolute atomic E-state index is 0.0326. The maximum atomic E-state index is 12.1. The first-order valence-corrected chi connectivity index (χ1v) is 10.2. The van der Waals surface area contributed by atoms with Crippen LogP contribution in [-0.2, 0) is 21.1 Å². The number of ether oxygens (including phenoxy) is 1. The number of hydrogen-bond acceptors (Lipinski definition) is 6. The Morgan fingerprint density at radius 1 is 1.46 bits per heavy atom. The summed E-state index contributed by atoms with van der Waals surface area (Å²) in [6.45, 7) is 0. The van der Waals surface area contributed by atoms with Crippen LogP contribution >= 0.6 is 11.3 Å². The Hall–Kier alpha value is -1.93. The number of aromatic nitrogens is 1. The molecular weight excluding hydrogens is 348 g/mol. The first-order chi connectivity index (χ1) is 11.4. The van der Waals surface area contributed by atoms with Gasteiger partial charge in [0.1, 0.15) is 10.8 Å². The molecule has 6 nitrogen and oxygen atoms in total. The third-order valence-electron chi connectivity index (χ3n) is 3.81. The fraction of sp³-hybridized carbons (Fsp3) is 0.375. The Morgan fingerprint density at radius 3 is 3.00 bits per heavy atom.